The molecule has 0 spiro atoms. The SMILES string of the molecule is Bc1c(B)c(B)c(-c2c3ccccc3c(-c3ccc(-c4cc5cc(Cl)ccc5c5ccccc45)cc3)c3ccccc23)c(B)c1B. The summed E-state index contributed by atoms with van der Waals surface area (Å²) in [6, 6.07) is 44.3. The number of hydrogen-bond donors (Lipinski definition) is 0. The normalized spacial score (nSPS) is 11.6. The van der Waals surface area contributed by atoms with Crippen LogP contribution in [0.4, 0.5) is 0 Å². The number of halogens is 1. The first-order chi connectivity index (χ1) is 22.3. The molecule has 212 valence electrons. The predicted octanol–water partition coefficient (Wildman–Crippen LogP) is 3.25. The summed E-state index contributed by atoms with van der Waals surface area (Å²) in [5, 5.41) is 10.8. The summed E-state index contributed by atoms with van der Waals surface area (Å²) in [7, 11) is 11.4. The van der Waals surface area contributed by atoms with Crippen LogP contribution < -0.4 is 27.3 Å². The molecule has 0 saturated carbocycles. The van der Waals surface area contributed by atoms with Gasteiger partial charge in [0.15, 0.2) is 0 Å². The first kappa shape index (κ1) is 28.9. The highest BCUT2D eigenvalue weighted by Crippen LogP contribution is 2.43. The summed E-state index contributed by atoms with van der Waals surface area (Å²) in [5.74, 6) is 0. The summed E-state index contributed by atoms with van der Waals surface area (Å²) in [6.07, 6.45) is 0. The predicted molar refractivity (Wildman–Crippen MR) is 219 cm³/mol. The monoisotopic (exact) mass is 600 g/mol. The average Bonchev–Trinajstić information content (AvgIpc) is 3.09. The van der Waals surface area contributed by atoms with Crippen molar-refractivity contribution >= 4 is 121 Å². The van der Waals surface area contributed by atoms with Crippen molar-refractivity contribution in [3.8, 4) is 33.4 Å². The van der Waals surface area contributed by atoms with Gasteiger partial charge in [0.1, 0.15) is 39.2 Å². The van der Waals surface area contributed by atoms with Gasteiger partial charge in [0.25, 0.3) is 0 Å². The van der Waals surface area contributed by atoms with Gasteiger partial charge in [0.2, 0.25) is 0 Å². The molecule has 8 aromatic rings. The fourth-order valence-electron chi connectivity index (χ4n) is 7.72. The van der Waals surface area contributed by atoms with Gasteiger partial charge in [-0.15, -0.1) is 16.4 Å². The Morgan fingerprint density at radius 2 is 0.804 bits per heavy atom. The maximum atomic E-state index is 6.44. The summed E-state index contributed by atoms with van der Waals surface area (Å²) in [4.78, 5) is 0. The van der Waals surface area contributed by atoms with Crippen molar-refractivity contribution in [2.24, 2.45) is 0 Å². The van der Waals surface area contributed by atoms with Crippen LogP contribution in [-0.2, 0) is 0 Å². The number of rotatable bonds is 3. The molecule has 0 aliphatic carbocycles. The molecule has 6 heteroatoms. The Labute approximate surface area is 279 Å². The van der Waals surface area contributed by atoms with Crippen molar-refractivity contribution < 1.29 is 0 Å². The van der Waals surface area contributed by atoms with Crippen LogP contribution >= 0.6 is 11.6 Å². The molecule has 0 aromatic heterocycles. The molecule has 0 aliphatic heterocycles. The lowest BCUT2D eigenvalue weighted by atomic mass is 9.59. The lowest BCUT2D eigenvalue weighted by Gasteiger charge is -2.24. The molecule has 0 unspecified atom stereocenters. The molecule has 0 fully saturated rings. The summed E-state index contributed by atoms with van der Waals surface area (Å²) in [5.41, 5.74) is 14.5. The van der Waals surface area contributed by atoms with Gasteiger partial charge in [-0.3, -0.25) is 0 Å². The minimum atomic E-state index is 0.757. The summed E-state index contributed by atoms with van der Waals surface area (Å²) < 4.78 is 0. The molecule has 0 amide bonds. The van der Waals surface area contributed by atoms with Crippen LogP contribution in [-0.4, -0.2) is 39.2 Å². The summed E-state index contributed by atoms with van der Waals surface area (Å²) >= 11 is 6.44. The molecule has 0 nitrogen and oxygen atoms in total. The van der Waals surface area contributed by atoms with Crippen LogP contribution in [0, 0.1) is 0 Å². The van der Waals surface area contributed by atoms with E-state index in [0.29, 0.717) is 0 Å². The molecule has 0 aliphatic rings. The van der Waals surface area contributed by atoms with E-state index in [1.54, 1.807) is 0 Å². The van der Waals surface area contributed by atoms with E-state index in [1.807, 2.05) is 6.07 Å². The van der Waals surface area contributed by atoms with Crippen molar-refractivity contribution in [1.29, 1.82) is 0 Å². The largest absolute Gasteiger partial charge is 0.139 e. The Balaban J connectivity index is 1.38. The third-order valence-corrected chi connectivity index (χ3v) is 10.7. The molecule has 0 bridgehead atoms. The Bertz CT molecular complexity index is 2450. The van der Waals surface area contributed by atoms with Gasteiger partial charge >= 0.3 is 0 Å². The van der Waals surface area contributed by atoms with E-state index in [2.05, 4.69) is 154 Å². The van der Waals surface area contributed by atoms with E-state index >= 15 is 0 Å². The number of hydrogen-bond acceptors (Lipinski definition) is 0. The van der Waals surface area contributed by atoms with Crippen LogP contribution in [0.25, 0.3) is 76.5 Å². The maximum absolute atomic E-state index is 6.44. The second-order valence-electron chi connectivity index (χ2n) is 12.8. The fourth-order valence-corrected chi connectivity index (χ4v) is 7.90. The smallest absolute Gasteiger partial charge is 0.102 e. The lowest BCUT2D eigenvalue weighted by Crippen LogP contribution is -2.55. The highest BCUT2D eigenvalue weighted by atomic mass is 35.5. The fraction of sp³-hybridized carbons (Fsp3) is 0. The Morgan fingerprint density at radius 3 is 1.37 bits per heavy atom. The van der Waals surface area contributed by atoms with Crippen molar-refractivity contribution in [2.45, 2.75) is 0 Å². The zero-order chi connectivity index (χ0) is 31.7. The molecule has 0 saturated heterocycles. The molecular formula is C40H30B5Cl. The Morgan fingerprint density at radius 1 is 0.348 bits per heavy atom. The average molecular weight is 600 g/mol. The van der Waals surface area contributed by atoms with Crippen molar-refractivity contribution in [1.82, 2.24) is 0 Å². The van der Waals surface area contributed by atoms with E-state index < -0.39 is 0 Å². The molecule has 0 atom stereocenters. The first-order valence-electron chi connectivity index (χ1n) is 16.1. The molecule has 0 heterocycles. The van der Waals surface area contributed by atoms with Crippen LogP contribution in [0.1, 0.15) is 0 Å². The summed E-state index contributed by atoms with van der Waals surface area (Å²) in [6.45, 7) is 0. The van der Waals surface area contributed by atoms with Gasteiger partial charge in [-0.2, -0.15) is 0 Å². The number of benzene rings is 8. The zero-order valence-corrected chi connectivity index (χ0v) is 27.7. The van der Waals surface area contributed by atoms with Crippen LogP contribution in [0.15, 0.2) is 121 Å². The van der Waals surface area contributed by atoms with E-state index in [1.165, 1.54) is 98.4 Å². The van der Waals surface area contributed by atoms with E-state index in [-0.39, 0.29) is 0 Å². The molecule has 0 radical (unpaired) electrons. The topological polar surface area (TPSA) is 0 Å². The van der Waals surface area contributed by atoms with Crippen LogP contribution in [0.3, 0.4) is 0 Å². The maximum Gasteiger partial charge on any atom is 0.139 e. The van der Waals surface area contributed by atoms with Gasteiger partial charge in [-0.05, 0) is 94.7 Å². The van der Waals surface area contributed by atoms with Gasteiger partial charge in [0, 0.05) is 5.02 Å². The lowest BCUT2D eigenvalue weighted by molar-refractivity contribution is 1.64. The molecule has 8 rings (SSSR count). The highest BCUT2D eigenvalue weighted by Gasteiger charge is 2.21. The third kappa shape index (κ3) is 4.37. The quantitative estimate of drug-likeness (QED) is 0.166. The van der Waals surface area contributed by atoms with Crippen molar-refractivity contribution in [3.63, 3.8) is 0 Å². The van der Waals surface area contributed by atoms with Crippen LogP contribution in [0.5, 0.6) is 0 Å². The van der Waals surface area contributed by atoms with E-state index in [0.717, 1.165) is 10.4 Å². The standard InChI is InChI=1S/C40H30B5Cl/c41-36-35(37(42)39(44)40(45)38(36)43)34-30-11-5-3-9-28(30)33(29-10-4-6-12-31(29)34)22-15-13-21(14-16-22)32-20-23-19-24(46)17-18-25(23)26-7-1-2-8-27(26)32/h1-20H,41-45H2. The second kappa shape index (κ2) is 11.0. The minimum absolute atomic E-state index is 0.757. The molecule has 0 N–H and O–H groups in total. The third-order valence-electron chi connectivity index (χ3n) is 10.5. The Hall–Kier alpha value is -4.59. The minimum Gasteiger partial charge on any atom is -0.102 e. The molecule has 8 aromatic carbocycles. The van der Waals surface area contributed by atoms with E-state index in [9.17, 15) is 0 Å². The van der Waals surface area contributed by atoms with Gasteiger partial charge in [-0.25, -0.2) is 0 Å². The van der Waals surface area contributed by atoms with Gasteiger partial charge in [-0.1, -0.05) is 126 Å². The van der Waals surface area contributed by atoms with Crippen molar-refractivity contribution in [3.05, 3.63) is 126 Å². The Kier molecular flexibility index (Phi) is 6.93. The first-order valence-corrected chi connectivity index (χ1v) is 16.4. The van der Waals surface area contributed by atoms with Crippen LogP contribution in [0.2, 0.25) is 5.02 Å². The molecule has 46 heavy (non-hydrogen) atoms. The highest BCUT2D eigenvalue weighted by molar-refractivity contribution is 6.69. The van der Waals surface area contributed by atoms with Gasteiger partial charge < -0.3 is 0 Å². The van der Waals surface area contributed by atoms with Crippen molar-refractivity contribution in [2.75, 3.05) is 0 Å². The second-order valence-corrected chi connectivity index (χ2v) is 13.2. The van der Waals surface area contributed by atoms with E-state index in [4.69, 9.17) is 11.6 Å². The molecular weight excluding hydrogens is 570 g/mol. The number of fused-ring (bicyclic) bond motifs is 5. The zero-order valence-electron chi connectivity index (χ0n) is 26.9. The van der Waals surface area contributed by atoms with Gasteiger partial charge in [0.05, 0.1) is 0 Å².